The molecule has 1 N–H and O–H groups in total. The van der Waals surface area contributed by atoms with Gasteiger partial charge in [-0.2, -0.15) is 0 Å². The highest BCUT2D eigenvalue weighted by molar-refractivity contribution is 6.29. The Kier molecular flexibility index (Phi) is 4.35. The van der Waals surface area contributed by atoms with Gasteiger partial charge in [0.15, 0.2) is 0 Å². The zero-order chi connectivity index (χ0) is 13.7. The third kappa shape index (κ3) is 3.23. The number of nitrogens with zero attached hydrogens (tertiary/aromatic N) is 3. The molecule has 0 unspecified atom stereocenters. The van der Waals surface area contributed by atoms with Gasteiger partial charge in [-0.05, 0) is 12.1 Å². The molecule has 7 heteroatoms. The van der Waals surface area contributed by atoms with Crippen molar-refractivity contribution in [3.05, 3.63) is 35.4 Å². The highest BCUT2D eigenvalue weighted by Gasteiger charge is 2.12. The average Bonchev–Trinajstić information content (AvgIpc) is 2.44. The van der Waals surface area contributed by atoms with Crippen LogP contribution in [0.3, 0.4) is 0 Å². The molecule has 19 heavy (non-hydrogen) atoms. The van der Waals surface area contributed by atoms with Gasteiger partial charge < -0.3 is 14.8 Å². The van der Waals surface area contributed by atoms with E-state index in [1.165, 1.54) is 6.33 Å². The van der Waals surface area contributed by atoms with E-state index in [1.807, 2.05) is 6.07 Å². The summed E-state index contributed by atoms with van der Waals surface area (Å²) in [5, 5.41) is 3.61. The number of hydrogen-bond acceptors (Lipinski definition) is 6. The molecule has 2 rings (SSSR count). The molecule has 0 aliphatic heterocycles. The van der Waals surface area contributed by atoms with Gasteiger partial charge in [-0.15, -0.1) is 0 Å². The van der Waals surface area contributed by atoms with Crippen LogP contribution in [0.5, 0.6) is 11.8 Å². The summed E-state index contributed by atoms with van der Waals surface area (Å²) in [6.45, 7) is 0.452. The van der Waals surface area contributed by atoms with E-state index in [1.54, 1.807) is 26.5 Å². The number of nitrogens with one attached hydrogen (secondary N) is 1. The van der Waals surface area contributed by atoms with E-state index in [-0.39, 0.29) is 0 Å². The molecule has 100 valence electrons. The molecule has 6 nitrogen and oxygen atoms in total. The summed E-state index contributed by atoms with van der Waals surface area (Å²) in [6.07, 6.45) is 3.02. The lowest BCUT2D eigenvalue weighted by atomic mass is 10.3. The normalized spacial score (nSPS) is 10.1. The lowest BCUT2D eigenvalue weighted by Crippen LogP contribution is -2.06. The van der Waals surface area contributed by atoms with Crippen LogP contribution in [0.4, 0.5) is 5.69 Å². The van der Waals surface area contributed by atoms with Crippen LogP contribution in [0.25, 0.3) is 0 Å². The molecular formula is C12H13ClN4O2. The van der Waals surface area contributed by atoms with Gasteiger partial charge in [0, 0.05) is 11.9 Å². The minimum Gasteiger partial charge on any atom is -0.481 e. The molecule has 0 saturated carbocycles. The lowest BCUT2D eigenvalue weighted by molar-refractivity contribution is 0.363. The Hall–Kier alpha value is -2.08. The summed E-state index contributed by atoms with van der Waals surface area (Å²) in [6, 6.07) is 3.54. The summed E-state index contributed by atoms with van der Waals surface area (Å²) in [4.78, 5) is 12.0. The number of aromatic nitrogens is 3. The number of hydrogen-bond donors (Lipinski definition) is 1. The molecule has 0 atom stereocenters. The van der Waals surface area contributed by atoms with E-state index in [9.17, 15) is 0 Å². The Morgan fingerprint density at radius 2 is 1.84 bits per heavy atom. The van der Waals surface area contributed by atoms with Crippen molar-refractivity contribution in [2.24, 2.45) is 0 Å². The van der Waals surface area contributed by atoms with E-state index in [0.29, 0.717) is 23.5 Å². The maximum atomic E-state index is 5.82. The Labute approximate surface area is 115 Å². The first-order valence-corrected chi connectivity index (χ1v) is 5.89. The highest BCUT2D eigenvalue weighted by Crippen LogP contribution is 2.24. The first-order chi connectivity index (χ1) is 9.24. The second kappa shape index (κ2) is 6.19. The molecule has 0 saturated heterocycles. The number of anilines is 1. The van der Waals surface area contributed by atoms with Crippen LogP contribution >= 0.6 is 11.6 Å². The SMILES string of the molecule is COc1ncnc(OC)c1CNc1ccnc(Cl)c1. The van der Waals surface area contributed by atoms with Crippen LogP contribution < -0.4 is 14.8 Å². The van der Waals surface area contributed by atoms with Crippen molar-refractivity contribution in [3.63, 3.8) is 0 Å². The molecule has 0 amide bonds. The largest absolute Gasteiger partial charge is 0.481 e. The predicted molar refractivity (Wildman–Crippen MR) is 71.7 cm³/mol. The highest BCUT2D eigenvalue weighted by atomic mass is 35.5. The number of methoxy groups -OCH3 is 2. The van der Waals surface area contributed by atoms with Gasteiger partial charge in [-0.3, -0.25) is 0 Å². The molecule has 0 aromatic carbocycles. The molecule has 2 aromatic rings. The molecule has 0 bridgehead atoms. The molecule has 0 aliphatic rings. The van der Waals surface area contributed by atoms with Crippen molar-refractivity contribution < 1.29 is 9.47 Å². The maximum Gasteiger partial charge on any atom is 0.225 e. The van der Waals surface area contributed by atoms with Gasteiger partial charge in [-0.1, -0.05) is 11.6 Å². The van der Waals surface area contributed by atoms with Crippen LogP contribution in [0, 0.1) is 0 Å². The van der Waals surface area contributed by atoms with Crippen LogP contribution in [-0.2, 0) is 6.54 Å². The van der Waals surface area contributed by atoms with Gasteiger partial charge in [0.2, 0.25) is 11.8 Å². The Bertz CT molecular complexity index is 543. The van der Waals surface area contributed by atoms with Gasteiger partial charge in [-0.25, -0.2) is 15.0 Å². The van der Waals surface area contributed by atoms with Crippen molar-refractivity contribution in [1.82, 2.24) is 15.0 Å². The minimum atomic E-state index is 0.424. The molecular weight excluding hydrogens is 268 g/mol. The van der Waals surface area contributed by atoms with Gasteiger partial charge in [0.05, 0.1) is 26.3 Å². The fraction of sp³-hybridized carbons (Fsp3) is 0.250. The number of ether oxygens (including phenoxy) is 2. The Balaban J connectivity index is 2.19. The van der Waals surface area contributed by atoms with E-state index >= 15 is 0 Å². The number of halogens is 1. The second-order valence-corrected chi connectivity index (χ2v) is 3.98. The molecule has 0 fully saturated rings. The smallest absolute Gasteiger partial charge is 0.225 e. The number of pyridine rings is 1. The summed E-state index contributed by atoms with van der Waals surface area (Å²) in [7, 11) is 3.10. The average molecular weight is 281 g/mol. The summed E-state index contributed by atoms with van der Waals surface area (Å²) in [5.74, 6) is 0.944. The zero-order valence-electron chi connectivity index (χ0n) is 10.6. The standard InChI is InChI=1S/C12H13ClN4O2/c1-18-11-9(12(19-2)17-7-16-11)6-15-8-3-4-14-10(13)5-8/h3-5,7H,6H2,1-2H3,(H,14,15). The third-order valence-corrected chi connectivity index (χ3v) is 2.66. The third-order valence-electron chi connectivity index (χ3n) is 2.45. The second-order valence-electron chi connectivity index (χ2n) is 3.59. The first kappa shape index (κ1) is 13.4. The van der Waals surface area contributed by atoms with Gasteiger partial charge in [0.25, 0.3) is 0 Å². The van der Waals surface area contributed by atoms with Gasteiger partial charge >= 0.3 is 0 Å². The molecule has 0 radical (unpaired) electrons. The van der Waals surface area contributed by atoms with E-state index in [0.717, 1.165) is 11.3 Å². The molecule has 0 spiro atoms. The predicted octanol–water partition coefficient (Wildman–Crippen LogP) is 2.15. The molecule has 2 heterocycles. The lowest BCUT2D eigenvalue weighted by Gasteiger charge is -2.12. The monoisotopic (exact) mass is 280 g/mol. The topological polar surface area (TPSA) is 69.2 Å². The first-order valence-electron chi connectivity index (χ1n) is 5.52. The molecule has 0 aliphatic carbocycles. The van der Waals surface area contributed by atoms with Crippen molar-refractivity contribution in [2.75, 3.05) is 19.5 Å². The quantitative estimate of drug-likeness (QED) is 0.847. The Morgan fingerprint density at radius 1 is 1.16 bits per heavy atom. The van der Waals surface area contributed by atoms with Crippen molar-refractivity contribution in [1.29, 1.82) is 0 Å². The summed E-state index contributed by atoms with van der Waals surface area (Å²) in [5.41, 5.74) is 1.58. The number of rotatable bonds is 5. The van der Waals surface area contributed by atoms with Crippen molar-refractivity contribution in [3.8, 4) is 11.8 Å². The summed E-state index contributed by atoms with van der Waals surface area (Å²) < 4.78 is 10.4. The zero-order valence-corrected chi connectivity index (χ0v) is 11.3. The molecule has 2 aromatic heterocycles. The maximum absolute atomic E-state index is 5.82. The van der Waals surface area contributed by atoms with Crippen LogP contribution in [0.2, 0.25) is 5.15 Å². The van der Waals surface area contributed by atoms with Crippen molar-refractivity contribution >= 4 is 17.3 Å². The Morgan fingerprint density at radius 3 is 2.42 bits per heavy atom. The van der Waals surface area contributed by atoms with E-state index < -0.39 is 0 Å². The summed E-state index contributed by atoms with van der Waals surface area (Å²) >= 11 is 5.82. The van der Waals surface area contributed by atoms with Crippen LogP contribution in [-0.4, -0.2) is 29.2 Å². The van der Waals surface area contributed by atoms with E-state index in [2.05, 4.69) is 20.3 Å². The minimum absolute atomic E-state index is 0.424. The fourth-order valence-electron chi connectivity index (χ4n) is 1.59. The fourth-order valence-corrected chi connectivity index (χ4v) is 1.76. The van der Waals surface area contributed by atoms with Gasteiger partial charge in [0.1, 0.15) is 11.5 Å². The van der Waals surface area contributed by atoms with Crippen LogP contribution in [0.15, 0.2) is 24.7 Å². The van der Waals surface area contributed by atoms with Crippen molar-refractivity contribution in [2.45, 2.75) is 6.54 Å². The van der Waals surface area contributed by atoms with Crippen LogP contribution in [0.1, 0.15) is 5.56 Å². The van der Waals surface area contributed by atoms with E-state index in [4.69, 9.17) is 21.1 Å².